The molecule has 5 heteroatoms. The van der Waals surface area contributed by atoms with Gasteiger partial charge in [-0.25, -0.2) is 0 Å². The fraction of sp³-hybridized carbons (Fsp3) is 0.556. The maximum atomic E-state index is 12.3. The average molecular weight is 315 g/mol. The van der Waals surface area contributed by atoms with E-state index in [-0.39, 0.29) is 17.9 Å². The summed E-state index contributed by atoms with van der Waals surface area (Å²) in [7, 11) is 0. The Labute approximate surface area is 137 Å². The van der Waals surface area contributed by atoms with E-state index in [9.17, 15) is 9.59 Å². The predicted molar refractivity (Wildman–Crippen MR) is 88.8 cm³/mol. The van der Waals surface area contributed by atoms with Gasteiger partial charge in [0.2, 0.25) is 5.91 Å². The Hall–Kier alpha value is -1.88. The van der Waals surface area contributed by atoms with Crippen LogP contribution in [0.1, 0.15) is 36.0 Å². The summed E-state index contributed by atoms with van der Waals surface area (Å²) in [6.07, 6.45) is 3.42. The van der Waals surface area contributed by atoms with Crippen molar-refractivity contribution in [2.45, 2.75) is 31.7 Å². The van der Waals surface area contributed by atoms with Gasteiger partial charge < -0.3 is 16.0 Å². The molecule has 2 fully saturated rings. The average Bonchev–Trinajstić information content (AvgIpc) is 3.14. The molecule has 0 radical (unpaired) electrons. The van der Waals surface area contributed by atoms with Crippen LogP contribution in [0.25, 0.3) is 0 Å². The molecule has 3 rings (SSSR count). The van der Waals surface area contributed by atoms with Gasteiger partial charge in [0.1, 0.15) is 0 Å². The number of fused-ring (bicyclic) bond motifs is 1. The summed E-state index contributed by atoms with van der Waals surface area (Å²) in [4.78, 5) is 26.1. The van der Waals surface area contributed by atoms with Crippen LogP contribution in [0.3, 0.4) is 0 Å². The smallest absolute Gasteiger partial charge is 0.251 e. The lowest BCUT2D eigenvalue weighted by atomic mass is 9.98. The van der Waals surface area contributed by atoms with Crippen molar-refractivity contribution < 1.29 is 9.59 Å². The van der Waals surface area contributed by atoms with Crippen molar-refractivity contribution in [3.05, 3.63) is 35.9 Å². The second-order valence-corrected chi connectivity index (χ2v) is 6.69. The molecule has 1 aromatic rings. The standard InChI is InChI=1S/C18H25N3O2/c19-16-9-8-14-11-21(12-15(14)16)17(22)7-4-10-20-18(23)13-5-2-1-3-6-13/h1-3,5-6,14-16H,4,7-12,19H2,(H,20,23). The lowest BCUT2D eigenvalue weighted by Gasteiger charge is -2.18. The quantitative estimate of drug-likeness (QED) is 0.806. The van der Waals surface area contributed by atoms with Gasteiger partial charge in [-0.1, -0.05) is 18.2 Å². The van der Waals surface area contributed by atoms with Crippen LogP contribution in [-0.2, 0) is 4.79 Å². The molecule has 3 unspecified atom stereocenters. The highest BCUT2D eigenvalue weighted by Crippen LogP contribution is 2.37. The fourth-order valence-electron chi connectivity index (χ4n) is 3.80. The molecule has 0 aromatic heterocycles. The molecule has 1 aromatic carbocycles. The summed E-state index contributed by atoms with van der Waals surface area (Å²) in [6, 6.07) is 9.40. The summed E-state index contributed by atoms with van der Waals surface area (Å²) in [5, 5.41) is 2.86. The molecule has 2 amide bonds. The Balaban J connectivity index is 1.36. The van der Waals surface area contributed by atoms with Gasteiger partial charge in [-0.2, -0.15) is 0 Å². The first kappa shape index (κ1) is 16.0. The number of likely N-dealkylation sites (tertiary alicyclic amines) is 1. The van der Waals surface area contributed by atoms with Crippen molar-refractivity contribution in [3.8, 4) is 0 Å². The normalized spacial score (nSPS) is 26.1. The van der Waals surface area contributed by atoms with Gasteiger partial charge in [-0.3, -0.25) is 9.59 Å². The van der Waals surface area contributed by atoms with Crippen molar-refractivity contribution in [1.82, 2.24) is 10.2 Å². The fourth-order valence-corrected chi connectivity index (χ4v) is 3.80. The second kappa shape index (κ2) is 7.13. The molecule has 124 valence electrons. The molecule has 23 heavy (non-hydrogen) atoms. The minimum Gasteiger partial charge on any atom is -0.352 e. The van der Waals surface area contributed by atoms with E-state index in [4.69, 9.17) is 5.73 Å². The van der Waals surface area contributed by atoms with Gasteiger partial charge >= 0.3 is 0 Å². The van der Waals surface area contributed by atoms with Crippen molar-refractivity contribution in [3.63, 3.8) is 0 Å². The topological polar surface area (TPSA) is 75.4 Å². The number of rotatable bonds is 5. The van der Waals surface area contributed by atoms with Crippen LogP contribution in [0.5, 0.6) is 0 Å². The van der Waals surface area contributed by atoms with Crippen LogP contribution in [0.2, 0.25) is 0 Å². The van der Waals surface area contributed by atoms with E-state index < -0.39 is 0 Å². The van der Waals surface area contributed by atoms with E-state index in [1.54, 1.807) is 12.1 Å². The third-order valence-corrected chi connectivity index (χ3v) is 5.15. The van der Waals surface area contributed by atoms with Crippen molar-refractivity contribution in [2.24, 2.45) is 17.6 Å². The maximum Gasteiger partial charge on any atom is 0.251 e. The summed E-state index contributed by atoms with van der Waals surface area (Å²) in [5.41, 5.74) is 6.76. The molecule has 0 bridgehead atoms. The number of nitrogens with zero attached hydrogens (tertiary/aromatic N) is 1. The second-order valence-electron chi connectivity index (χ2n) is 6.69. The first-order valence-corrected chi connectivity index (χ1v) is 8.52. The Bertz CT molecular complexity index is 561. The first-order chi connectivity index (χ1) is 11.1. The number of nitrogens with one attached hydrogen (secondary N) is 1. The van der Waals surface area contributed by atoms with Crippen molar-refractivity contribution >= 4 is 11.8 Å². The zero-order valence-electron chi connectivity index (χ0n) is 13.4. The van der Waals surface area contributed by atoms with Crippen LogP contribution in [0, 0.1) is 11.8 Å². The molecule has 2 aliphatic rings. The number of amides is 2. The highest BCUT2D eigenvalue weighted by molar-refractivity contribution is 5.94. The highest BCUT2D eigenvalue weighted by atomic mass is 16.2. The molecular formula is C18H25N3O2. The third-order valence-electron chi connectivity index (χ3n) is 5.15. The van der Waals surface area contributed by atoms with Gasteiger partial charge in [0.05, 0.1) is 0 Å². The van der Waals surface area contributed by atoms with Crippen LogP contribution >= 0.6 is 0 Å². The lowest BCUT2D eigenvalue weighted by Crippen LogP contribution is -2.34. The molecule has 1 heterocycles. The Morgan fingerprint density at radius 3 is 2.70 bits per heavy atom. The van der Waals surface area contributed by atoms with Gasteiger partial charge in [-0.15, -0.1) is 0 Å². The number of hydrogen-bond donors (Lipinski definition) is 2. The van der Waals surface area contributed by atoms with Crippen molar-refractivity contribution in [1.29, 1.82) is 0 Å². The molecular weight excluding hydrogens is 290 g/mol. The summed E-state index contributed by atoms with van der Waals surface area (Å²) in [6.45, 7) is 2.22. The van der Waals surface area contributed by atoms with Gasteiger partial charge in [0, 0.05) is 37.7 Å². The first-order valence-electron chi connectivity index (χ1n) is 8.52. The van der Waals surface area contributed by atoms with Crippen LogP contribution in [-0.4, -0.2) is 42.4 Å². The Morgan fingerprint density at radius 1 is 1.17 bits per heavy atom. The zero-order valence-corrected chi connectivity index (χ0v) is 13.4. The predicted octanol–water partition coefficient (Wildman–Crippen LogP) is 1.39. The van der Waals surface area contributed by atoms with Gasteiger partial charge in [0.25, 0.3) is 5.91 Å². The Kier molecular flexibility index (Phi) is 4.96. The van der Waals surface area contributed by atoms with E-state index in [0.717, 1.165) is 25.9 Å². The lowest BCUT2D eigenvalue weighted by molar-refractivity contribution is -0.130. The minimum atomic E-state index is -0.0836. The number of nitrogens with two attached hydrogens (primary N) is 1. The molecule has 1 aliphatic carbocycles. The zero-order chi connectivity index (χ0) is 16.2. The maximum absolute atomic E-state index is 12.3. The number of carbonyl (C=O) groups is 2. The largest absolute Gasteiger partial charge is 0.352 e. The number of hydrogen-bond acceptors (Lipinski definition) is 3. The Morgan fingerprint density at radius 2 is 1.96 bits per heavy atom. The summed E-state index contributed by atoms with van der Waals surface area (Å²) in [5.74, 6) is 1.21. The SMILES string of the molecule is NC1CCC2CN(C(=O)CCCNC(=O)c3ccccc3)CC12. The van der Waals surface area contributed by atoms with Crippen LogP contribution < -0.4 is 11.1 Å². The number of carbonyl (C=O) groups excluding carboxylic acids is 2. The van der Waals surface area contributed by atoms with Gasteiger partial charge in [-0.05, 0) is 43.2 Å². The molecule has 1 saturated carbocycles. The van der Waals surface area contributed by atoms with Crippen molar-refractivity contribution in [2.75, 3.05) is 19.6 Å². The monoisotopic (exact) mass is 315 g/mol. The molecule has 1 aliphatic heterocycles. The molecule has 0 spiro atoms. The molecule has 3 atom stereocenters. The van der Waals surface area contributed by atoms with E-state index in [1.165, 1.54) is 0 Å². The molecule has 5 nitrogen and oxygen atoms in total. The van der Waals surface area contributed by atoms with E-state index in [2.05, 4.69) is 5.32 Å². The third kappa shape index (κ3) is 3.72. The van der Waals surface area contributed by atoms with E-state index in [0.29, 0.717) is 36.8 Å². The summed E-state index contributed by atoms with van der Waals surface area (Å²) >= 11 is 0. The van der Waals surface area contributed by atoms with E-state index >= 15 is 0 Å². The van der Waals surface area contributed by atoms with Gasteiger partial charge in [0.15, 0.2) is 0 Å². The highest BCUT2D eigenvalue weighted by Gasteiger charge is 2.42. The summed E-state index contributed by atoms with van der Waals surface area (Å²) < 4.78 is 0. The van der Waals surface area contributed by atoms with E-state index in [1.807, 2.05) is 23.1 Å². The molecule has 3 N–H and O–H groups in total. The minimum absolute atomic E-state index is 0.0836. The number of benzene rings is 1. The van der Waals surface area contributed by atoms with Crippen LogP contribution in [0.4, 0.5) is 0 Å². The van der Waals surface area contributed by atoms with Crippen LogP contribution in [0.15, 0.2) is 30.3 Å². The molecule has 1 saturated heterocycles.